The molecule has 0 spiro atoms. The van der Waals surface area contributed by atoms with Crippen molar-refractivity contribution in [2.75, 3.05) is 25.1 Å². The summed E-state index contributed by atoms with van der Waals surface area (Å²) in [7, 11) is 1.68. The number of piperidine rings is 1. The van der Waals surface area contributed by atoms with Crippen LogP contribution in [-0.4, -0.2) is 39.9 Å². The van der Waals surface area contributed by atoms with Gasteiger partial charge in [0.2, 0.25) is 0 Å². The summed E-state index contributed by atoms with van der Waals surface area (Å²) in [6.07, 6.45) is 6.21. The van der Waals surface area contributed by atoms with E-state index in [1.54, 1.807) is 13.4 Å². The predicted octanol–water partition coefficient (Wildman–Crippen LogP) is 4.30. The van der Waals surface area contributed by atoms with E-state index in [0.717, 1.165) is 53.2 Å². The molecule has 28 heavy (non-hydrogen) atoms. The molecule has 1 aliphatic rings. The van der Waals surface area contributed by atoms with Gasteiger partial charge in [-0.3, -0.25) is 0 Å². The van der Waals surface area contributed by atoms with E-state index in [2.05, 4.69) is 33.1 Å². The smallest absolute Gasteiger partial charge is 0.151 e. The zero-order valence-corrected chi connectivity index (χ0v) is 17.3. The molecule has 0 bridgehead atoms. The second-order valence-corrected chi connectivity index (χ2v) is 7.26. The normalized spacial score (nSPS) is 14.6. The highest BCUT2D eigenvalue weighted by molar-refractivity contribution is 5.85. The molecule has 1 fully saturated rings. The first kappa shape index (κ1) is 20.1. The summed E-state index contributed by atoms with van der Waals surface area (Å²) in [6.45, 7) is 6.40. The lowest BCUT2D eigenvalue weighted by atomic mass is 9.99. The summed E-state index contributed by atoms with van der Waals surface area (Å²) in [5, 5.41) is 8.92. The van der Waals surface area contributed by atoms with Crippen LogP contribution in [0.4, 0.5) is 5.82 Å². The zero-order valence-electron chi connectivity index (χ0n) is 16.5. The van der Waals surface area contributed by atoms with Gasteiger partial charge in [0.05, 0.1) is 30.5 Å². The number of rotatable bonds is 4. The molecule has 3 heterocycles. The highest BCUT2D eigenvalue weighted by Gasteiger charge is 2.17. The molecular weight excluding hydrogens is 374 g/mol. The van der Waals surface area contributed by atoms with Crippen LogP contribution < -0.4 is 9.64 Å². The van der Waals surface area contributed by atoms with Gasteiger partial charge in [-0.25, -0.2) is 4.98 Å². The van der Waals surface area contributed by atoms with Crippen LogP contribution in [0.3, 0.4) is 0 Å². The Morgan fingerprint density at radius 1 is 1.07 bits per heavy atom. The Kier molecular flexibility index (Phi) is 6.19. The summed E-state index contributed by atoms with van der Waals surface area (Å²) in [4.78, 5) is 6.61. The largest absolute Gasteiger partial charge is 0.495 e. The minimum atomic E-state index is 0. The van der Waals surface area contributed by atoms with E-state index in [-0.39, 0.29) is 12.4 Å². The average molecular weight is 400 g/mol. The molecule has 7 heteroatoms. The van der Waals surface area contributed by atoms with Crippen LogP contribution in [-0.2, 0) is 0 Å². The molecule has 0 aliphatic carbocycles. The third-order valence-corrected chi connectivity index (χ3v) is 5.22. The minimum absolute atomic E-state index is 0. The van der Waals surface area contributed by atoms with Crippen molar-refractivity contribution in [1.82, 2.24) is 19.7 Å². The molecule has 0 amide bonds. The molecule has 4 rings (SSSR count). The van der Waals surface area contributed by atoms with Gasteiger partial charge < -0.3 is 14.2 Å². The van der Waals surface area contributed by atoms with E-state index in [0.29, 0.717) is 0 Å². The third kappa shape index (κ3) is 4.12. The van der Waals surface area contributed by atoms with Crippen molar-refractivity contribution in [2.45, 2.75) is 26.7 Å². The number of nitrogens with zero attached hydrogens (tertiary/aromatic N) is 5. The summed E-state index contributed by atoms with van der Waals surface area (Å²) >= 11 is 0. The van der Waals surface area contributed by atoms with Crippen molar-refractivity contribution in [3.05, 3.63) is 48.5 Å². The fourth-order valence-electron chi connectivity index (χ4n) is 3.49. The molecule has 0 atom stereocenters. The van der Waals surface area contributed by atoms with Crippen molar-refractivity contribution in [3.8, 4) is 22.7 Å². The third-order valence-electron chi connectivity index (χ3n) is 5.22. The van der Waals surface area contributed by atoms with E-state index in [4.69, 9.17) is 4.74 Å². The number of aromatic nitrogens is 4. The molecule has 3 aromatic rings. The molecule has 1 aliphatic heterocycles. The predicted molar refractivity (Wildman–Crippen MR) is 114 cm³/mol. The van der Waals surface area contributed by atoms with Crippen LogP contribution in [0.5, 0.6) is 5.75 Å². The van der Waals surface area contributed by atoms with E-state index >= 15 is 0 Å². The Labute approximate surface area is 172 Å². The summed E-state index contributed by atoms with van der Waals surface area (Å²) in [6, 6.07) is 10.2. The Morgan fingerprint density at radius 3 is 2.46 bits per heavy atom. The lowest BCUT2D eigenvalue weighted by Crippen LogP contribution is -2.33. The molecular formula is C21H26ClN5O. The number of methoxy groups -OCH3 is 1. The van der Waals surface area contributed by atoms with Crippen LogP contribution in [0.15, 0.2) is 42.9 Å². The van der Waals surface area contributed by atoms with E-state index in [9.17, 15) is 0 Å². The molecule has 6 nitrogen and oxygen atoms in total. The maximum atomic E-state index is 5.60. The van der Waals surface area contributed by atoms with Gasteiger partial charge in [0.15, 0.2) is 5.82 Å². The molecule has 0 saturated carbocycles. The van der Waals surface area contributed by atoms with Gasteiger partial charge in [-0.15, -0.1) is 22.6 Å². The minimum Gasteiger partial charge on any atom is -0.495 e. The monoisotopic (exact) mass is 399 g/mol. The number of hydrogen-bond acceptors (Lipinski definition) is 5. The van der Waals surface area contributed by atoms with Crippen LogP contribution in [0, 0.1) is 12.8 Å². The average Bonchev–Trinajstić information content (AvgIpc) is 3.14. The first-order valence-corrected chi connectivity index (χ1v) is 9.42. The van der Waals surface area contributed by atoms with Gasteiger partial charge in [-0.1, -0.05) is 13.0 Å². The summed E-state index contributed by atoms with van der Waals surface area (Å²) in [5.41, 5.74) is 3.75. The second-order valence-electron chi connectivity index (χ2n) is 7.26. The fourth-order valence-corrected chi connectivity index (χ4v) is 3.49. The zero-order chi connectivity index (χ0) is 18.8. The van der Waals surface area contributed by atoms with E-state index in [1.165, 1.54) is 12.8 Å². The van der Waals surface area contributed by atoms with Gasteiger partial charge in [0, 0.05) is 24.8 Å². The number of anilines is 1. The summed E-state index contributed by atoms with van der Waals surface area (Å²) < 4.78 is 7.56. The molecule has 2 aromatic heterocycles. The van der Waals surface area contributed by atoms with Gasteiger partial charge in [-0.2, -0.15) is 0 Å². The van der Waals surface area contributed by atoms with Gasteiger partial charge in [-0.05, 0) is 49.9 Å². The van der Waals surface area contributed by atoms with Crippen molar-refractivity contribution in [3.63, 3.8) is 0 Å². The fraction of sp³-hybridized carbons (Fsp3) is 0.381. The number of benzene rings is 1. The standard InChI is InChI=1S/C21H25N5O.ClH/c1-15-8-10-25(11-9-15)21-7-5-18(23-24-21)17-4-6-19(20(12-17)27-3)26-13-16(2)22-14-26;/h4-7,12-15H,8-11H2,1-3H3;1H. The number of ether oxygens (including phenoxy) is 1. The Hall–Kier alpha value is -2.60. The number of hydrogen-bond donors (Lipinski definition) is 0. The van der Waals surface area contributed by atoms with Crippen LogP contribution >= 0.6 is 12.4 Å². The Morgan fingerprint density at radius 2 is 1.86 bits per heavy atom. The number of aryl methyl sites for hydroxylation is 1. The van der Waals surface area contributed by atoms with Crippen molar-refractivity contribution in [2.24, 2.45) is 5.92 Å². The SMILES string of the molecule is COc1cc(-c2ccc(N3CCC(C)CC3)nn2)ccc1-n1cnc(C)c1.Cl. The quantitative estimate of drug-likeness (QED) is 0.654. The van der Waals surface area contributed by atoms with Gasteiger partial charge in [0.25, 0.3) is 0 Å². The number of halogens is 1. The maximum Gasteiger partial charge on any atom is 0.151 e. The Bertz CT molecular complexity index is 917. The topological polar surface area (TPSA) is 56.1 Å². The van der Waals surface area contributed by atoms with Crippen LogP contribution in [0.2, 0.25) is 0 Å². The maximum absolute atomic E-state index is 5.60. The molecule has 0 radical (unpaired) electrons. The Balaban J connectivity index is 0.00000225. The number of imidazole rings is 1. The van der Waals surface area contributed by atoms with Crippen molar-refractivity contribution >= 4 is 18.2 Å². The first-order valence-electron chi connectivity index (χ1n) is 9.42. The van der Waals surface area contributed by atoms with Crippen LogP contribution in [0.25, 0.3) is 16.9 Å². The first-order chi connectivity index (χ1) is 13.1. The summed E-state index contributed by atoms with van der Waals surface area (Å²) in [5.74, 6) is 2.54. The molecule has 1 aromatic carbocycles. The van der Waals surface area contributed by atoms with Crippen molar-refractivity contribution < 1.29 is 4.74 Å². The van der Waals surface area contributed by atoms with E-state index < -0.39 is 0 Å². The highest BCUT2D eigenvalue weighted by Crippen LogP contribution is 2.29. The highest BCUT2D eigenvalue weighted by atomic mass is 35.5. The lowest BCUT2D eigenvalue weighted by Gasteiger charge is -2.30. The molecule has 0 unspecified atom stereocenters. The second kappa shape index (κ2) is 8.61. The molecule has 148 valence electrons. The lowest BCUT2D eigenvalue weighted by molar-refractivity contribution is 0.413. The van der Waals surface area contributed by atoms with Crippen molar-refractivity contribution in [1.29, 1.82) is 0 Å². The van der Waals surface area contributed by atoms with Gasteiger partial charge in [0.1, 0.15) is 5.75 Å². The molecule has 0 N–H and O–H groups in total. The molecule has 1 saturated heterocycles. The van der Waals surface area contributed by atoms with E-state index in [1.807, 2.05) is 42.0 Å². The van der Waals surface area contributed by atoms with Crippen LogP contribution in [0.1, 0.15) is 25.5 Å². The van der Waals surface area contributed by atoms with Gasteiger partial charge >= 0.3 is 0 Å².